The van der Waals surface area contributed by atoms with Gasteiger partial charge in [-0.25, -0.2) is 4.79 Å². The number of amides is 1. The molecule has 1 rings (SSSR count). The minimum atomic E-state index is -0.407. The van der Waals surface area contributed by atoms with E-state index in [2.05, 4.69) is 11.8 Å². The van der Waals surface area contributed by atoms with Crippen molar-refractivity contribution < 1.29 is 9.53 Å². The summed E-state index contributed by atoms with van der Waals surface area (Å²) in [7, 11) is 1.84. The van der Waals surface area contributed by atoms with E-state index in [9.17, 15) is 4.79 Å². The van der Waals surface area contributed by atoms with Crippen LogP contribution in [0, 0.1) is 5.92 Å². The van der Waals surface area contributed by atoms with E-state index in [1.54, 1.807) is 4.90 Å². The number of hydrogen-bond donors (Lipinski definition) is 0. The van der Waals surface area contributed by atoms with E-state index in [1.165, 1.54) is 38.9 Å². The van der Waals surface area contributed by atoms with E-state index in [4.69, 9.17) is 4.74 Å². The summed E-state index contributed by atoms with van der Waals surface area (Å²) in [5.74, 6) is 0.616. The number of rotatable bonds is 4. The van der Waals surface area contributed by atoms with E-state index in [0.717, 1.165) is 6.54 Å². The number of likely N-dealkylation sites (tertiary alicyclic amines) is 1. The van der Waals surface area contributed by atoms with Gasteiger partial charge in [0.05, 0.1) is 0 Å². The van der Waals surface area contributed by atoms with Crippen LogP contribution in [0.25, 0.3) is 0 Å². The molecule has 4 heteroatoms. The Morgan fingerprint density at radius 1 is 1.32 bits per heavy atom. The zero-order valence-electron chi connectivity index (χ0n) is 13.2. The van der Waals surface area contributed by atoms with Gasteiger partial charge >= 0.3 is 6.09 Å². The van der Waals surface area contributed by atoms with Gasteiger partial charge in [-0.3, -0.25) is 0 Å². The van der Waals surface area contributed by atoms with E-state index < -0.39 is 5.60 Å². The average Bonchev–Trinajstić information content (AvgIpc) is 2.29. The van der Waals surface area contributed by atoms with Gasteiger partial charge in [-0.15, -0.1) is 0 Å². The van der Waals surface area contributed by atoms with Crippen molar-refractivity contribution in [1.29, 1.82) is 0 Å². The molecule has 0 aliphatic carbocycles. The lowest BCUT2D eigenvalue weighted by atomic mass is 9.96. The predicted octanol–water partition coefficient (Wildman–Crippen LogP) is 2.98. The highest BCUT2D eigenvalue weighted by atomic mass is 16.6. The number of ether oxygens (including phenoxy) is 1. The lowest BCUT2D eigenvalue weighted by Crippen LogP contribution is -2.41. The van der Waals surface area contributed by atoms with Crippen LogP contribution in [0.1, 0.15) is 47.0 Å². The molecule has 19 heavy (non-hydrogen) atoms. The fourth-order valence-electron chi connectivity index (χ4n) is 2.51. The molecule has 112 valence electrons. The number of carbonyl (C=O) groups excluding carboxylic acids is 1. The molecule has 0 aromatic carbocycles. The summed E-state index contributed by atoms with van der Waals surface area (Å²) in [5, 5.41) is 0. The predicted molar refractivity (Wildman–Crippen MR) is 78.3 cm³/mol. The molecule has 0 saturated carbocycles. The molecule has 1 fully saturated rings. The maximum atomic E-state index is 11.9. The summed E-state index contributed by atoms with van der Waals surface area (Å²) < 4.78 is 5.38. The van der Waals surface area contributed by atoms with Gasteiger partial charge < -0.3 is 14.5 Å². The number of hydrogen-bond acceptors (Lipinski definition) is 3. The summed E-state index contributed by atoms with van der Waals surface area (Å²) in [6.45, 7) is 12.3. The minimum Gasteiger partial charge on any atom is -0.444 e. The van der Waals surface area contributed by atoms with Gasteiger partial charge in [0.1, 0.15) is 5.60 Å². The molecule has 0 spiro atoms. The molecule has 0 atom stereocenters. The molecular formula is C15H30N2O2. The van der Waals surface area contributed by atoms with Gasteiger partial charge in [0.2, 0.25) is 0 Å². The van der Waals surface area contributed by atoms with Crippen LogP contribution in [0.4, 0.5) is 4.79 Å². The van der Waals surface area contributed by atoms with E-state index in [-0.39, 0.29) is 6.09 Å². The van der Waals surface area contributed by atoms with Crippen molar-refractivity contribution in [3.05, 3.63) is 0 Å². The molecule has 0 aromatic heterocycles. The molecule has 0 bridgehead atoms. The normalized spacial score (nSPS) is 18.4. The molecule has 1 aliphatic heterocycles. The van der Waals surface area contributed by atoms with Gasteiger partial charge in [-0.05, 0) is 65.6 Å². The first-order valence-corrected chi connectivity index (χ1v) is 7.48. The first kappa shape index (κ1) is 16.3. The maximum absolute atomic E-state index is 11.9. The van der Waals surface area contributed by atoms with Crippen LogP contribution in [0.15, 0.2) is 0 Å². The lowest BCUT2D eigenvalue weighted by Gasteiger charge is -2.34. The summed E-state index contributed by atoms with van der Waals surface area (Å²) in [4.78, 5) is 16.1. The summed E-state index contributed by atoms with van der Waals surface area (Å²) in [6, 6.07) is 0. The third kappa shape index (κ3) is 6.28. The Morgan fingerprint density at radius 2 is 1.89 bits per heavy atom. The van der Waals surface area contributed by atoms with Crippen LogP contribution >= 0.6 is 0 Å². The molecule has 0 radical (unpaired) electrons. The van der Waals surface area contributed by atoms with Crippen LogP contribution in [0.2, 0.25) is 0 Å². The van der Waals surface area contributed by atoms with Crippen molar-refractivity contribution in [2.45, 2.75) is 52.6 Å². The second kappa shape index (κ2) is 7.13. The molecule has 4 nitrogen and oxygen atoms in total. The monoisotopic (exact) mass is 270 g/mol. The summed E-state index contributed by atoms with van der Waals surface area (Å²) in [5.41, 5.74) is -0.407. The first-order valence-electron chi connectivity index (χ1n) is 7.48. The topological polar surface area (TPSA) is 32.8 Å². The number of nitrogens with zero attached hydrogens (tertiary/aromatic N) is 2. The third-order valence-electron chi connectivity index (χ3n) is 3.48. The maximum Gasteiger partial charge on any atom is 0.410 e. The molecule has 1 aliphatic rings. The summed E-state index contributed by atoms with van der Waals surface area (Å²) in [6.07, 6.45) is 3.39. The second-order valence-electron chi connectivity index (χ2n) is 6.65. The van der Waals surface area contributed by atoms with E-state index >= 15 is 0 Å². The lowest BCUT2D eigenvalue weighted by molar-refractivity contribution is 0.0250. The zero-order valence-corrected chi connectivity index (χ0v) is 13.2. The van der Waals surface area contributed by atoms with Gasteiger partial charge in [0.25, 0.3) is 0 Å². The smallest absolute Gasteiger partial charge is 0.410 e. The van der Waals surface area contributed by atoms with Gasteiger partial charge in [-0.1, -0.05) is 6.92 Å². The standard InChI is InChI=1S/C15H30N2O2/c1-6-9-17-10-7-13(8-11-17)12-16(5)14(18)19-15(2,3)4/h13H,6-12H2,1-5H3. The van der Waals surface area contributed by atoms with Crippen molar-refractivity contribution in [2.75, 3.05) is 33.2 Å². The fraction of sp³-hybridized carbons (Fsp3) is 0.933. The van der Waals surface area contributed by atoms with Crippen LogP contribution < -0.4 is 0 Å². The summed E-state index contributed by atoms with van der Waals surface area (Å²) >= 11 is 0. The highest BCUT2D eigenvalue weighted by Crippen LogP contribution is 2.19. The zero-order chi connectivity index (χ0) is 14.5. The number of piperidine rings is 1. The Hall–Kier alpha value is -0.770. The largest absolute Gasteiger partial charge is 0.444 e. The highest BCUT2D eigenvalue weighted by Gasteiger charge is 2.24. The molecule has 1 amide bonds. The van der Waals surface area contributed by atoms with Gasteiger partial charge in [0, 0.05) is 13.6 Å². The van der Waals surface area contributed by atoms with Crippen molar-refractivity contribution in [2.24, 2.45) is 5.92 Å². The Bertz CT molecular complexity index is 278. The van der Waals surface area contributed by atoms with Crippen LogP contribution in [0.3, 0.4) is 0 Å². The molecule has 0 N–H and O–H groups in total. The fourth-order valence-corrected chi connectivity index (χ4v) is 2.51. The Kier molecular flexibility index (Phi) is 6.11. The Labute approximate surface area is 118 Å². The quantitative estimate of drug-likeness (QED) is 0.787. The molecule has 0 unspecified atom stereocenters. The molecule has 1 saturated heterocycles. The average molecular weight is 270 g/mol. The molecule has 1 heterocycles. The van der Waals surface area contributed by atoms with E-state index in [0.29, 0.717) is 5.92 Å². The molecular weight excluding hydrogens is 240 g/mol. The van der Waals surface area contributed by atoms with Crippen molar-refractivity contribution in [1.82, 2.24) is 9.80 Å². The van der Waals surface area contributed by atoms with Crippen molar-refractivity contribution >= 4 is 6.09 Å². The Balaban J connectivity index is 2.30. The Morgan fingerprint density at radius 3 is 2.37 bits per heavy atom. The van der Waals surface area contributed by atoms with Crippen molar-refractivity contribution in [3.63, 3.8) is 0 Å². The van der Waals surface area contributed by atoms with Crippen LogP contribution in [0.5, 0.6) is 0 Å². The first-order chi connectivity index (χ1) is 8.81. The van der Waals surface area contributed by atoms with E-state index in [1.807, 2.05) is 27.8 Å². The SMILES string of the molecule is CCCN1CCC(CN(C)C(=O)OC(C)(C)C)CC1. The van der Waals surface area contributed by atoms with Crippen LogP contribution in [-0.2, 0) is 4.74 Å². The van der Waals surface area contributed by atoms with Gasteiger partial charge in [-0.2, -0.15) is 0 Å². The van der Waals surface area contributed by atoms with Crippen molar-refractivity contribution in [3.8, 4) is 0 Å². The third-order valence-corrected chi connectivity index (χ3v) is 3.48. The number of carbonyl (C=O) groups is 1. The highest BCUT2D eigenvalue weighted by molar-refractivity contribution is 5.67. The minimum absolute atomic E-state index is 0.205. The van der Waals surface area contributed by atoms with Crippen LogP contribution in [-0.4, -0.2) is 54.7 Å². The second-order valence-corrected chi connectivity index (χ2v) is 6.65. The molecule has 0 aromatic rings. The van der Waals surface area contributed by atoms with Gasteiger partial charge in [0.15, 0.2) is 0 Å².